The number of carboxylic acid groups (broad SMARTS) is 1. The summed E-state index contributed by atoms with van der Waals surface area (Å²) in [7, 11) is 0. The molecule has 1 aliphatic rings. The second-order valence-corrected chi connectivity index (χ2v) is 8.03. The van der Waals surface area contributed by atoms with Gasteiger partial charge in [-0.2, -0.15) is 0 Å². The van der Waals surface area contributed by atoms with Gasteiger partial charge < -0.3 is 5.11 Å². The standard InChI is InChI=1S/C22H23NO2S/c1-2-15-9-11-16(12-10-15)21(23-13-5-7-18(23)22(24)25)20-14-17-6-3-4-8-19(17)26-20/h3-4,6,8-12,14,18,21H,2,5,7,13H2,1H3,(H,24,25). The fraction of sp³-hybridized carbons (Fsp3) is 0.318. The maximum atomic E-state index is 11.8. The maximum Gasteiger partial charge on any atom is 0.320 e. The summed E-state index contributed by atoms with van der Waals surface area (Å²) in [4.78, 5) is 15.2. The predicted octanol–water partition coefficient (Wildman–Crippen LogP) is 5.10. The van der Waals surface area contributed by atoms with E-state index in [1.807, 2.05) is 0 Å². The topological polar surface area (TPSA) is 40.5 Å². The number of aliphatic carboxylic acids is 1. The number of carboxylic acids is 1. The van der Waals surface area contributed by atoms with Crippen molar-refractivity contribution in [2.75, 3.05) is 6.54 Å². The van der Waals surface area contributed by atoms with Crippen molar-refractivity contribution in [2.24, 2.45) is 0 Å². The first-order valence-electron chi connectivity index (χ1n) is 9.23. The molecule has 26 heavy (non-hydrogen) atoms. The number of nitrogens with zero attached hydrogens (tertiary/aromatic N) is 1. The van der Waals surface area contributed by atoms with E-state index in [2.05, 4.69) is 66.4 Å². The lowest BCUT2D eigenvalue weighted by Crippen LogP contribution is -2.39. The Bertz CT molecular complexity index is 882. The highest BCUT2D eigenvalue weighted by atomic mass is 32.1. The molecule has 4 rings (SSSR count). The predicted molar refractivity (Wildman–Crippen MR) is 107 cm³/mol. The van der Waals surface area contributed by atoms with Crippen LogP contribution in [0.5, 0.6) is 0 Å². The van der Waals surface area contributed by atoms with E-state index in [-0.39, 0.29) is 6.04 Å². The minimum Gasteiger partial charge on any atom is -0.480 e. The number of carbonyl (C=O) groups is 1. The third kappa shape index (κ3) is 3.15. The molecule has 3 aromatic rings. The molecule has 1 aromatic heterocycles. The smallest absolute Gasteiger partial charge is 0.320 e. The third-order valence-electron chi connectivity index (χ3n) is 5.33. The highest BCUT2D eigenvalue weighted by Crippen LogP contribution is 2.40. The Balaban J connectivity index is 1.81. The van der Waals surface area contributed by atoms with Gasteiger partial charge in [-0.1, -0.05) is 49.4 Å². The van der Waals surface area contributed by atoms with E-state index >= 15 is 0 Å². The minimum atomic E-state index is -0.709. The highest BCUT2D eigenvalue weighted by molar-refractivity contribution is 7.19. The van der Waals surface area contributed by atoms with Gasteiger partial charge in [0, 0.05) is 16.1 Å². The van der Waals surface area contributed by atoms with E-state index in [0.29, 0.717) is 0 Å². The molecule has 1 N–H and O–H groups in total. The Labute approximate surface area is 157 Å². The molecular weight excluding hydrogens is 342 g/mol. The molecule has 2 heterocycles. The van der Waals surface area contributed by atoms with Gasteiger partial charge in [0.2, 0.25) is 0 Å². The molecule has 1 aliphatic heterocycles. The van der Waals surface area contributed by atoms with E-state index in [9.17, 15) is 9.90 Å². The molecule has 2 unspecified atom stereocenters. The number of likely N-dealkylation sites (tertiary alicyclic amines) is 1. The maximum absolute atomic E-state index is 11.8. The zero-order chi connectivity index (χ0) is 18.1. The highest BCUT2D eigenvalue weighted by Gasteiger charge is 2.37. The summed E-state index contributed by atoms with van der Waals surface area (Å²) < 4.78 is 1.25. The molecule has 4 heteroatoms. The van der Waals surface area contributed by atoms with Crippen molar-refractivity contribution in [1.82, 2.24) is 4.90 Å². The van der Waals surface area contributed by atoms with Gasteiger partial charge in [-0.05, 0) is 47.9 Å². The van der Waals surface area contributed by atoms with Crippen LogP contribution in [0.2, 0.25) is 0 Å². The van der Waals surface area contributed by atoms with E-state index < -0.39 is 12.0 Å². The van der Waals surface area contributed by atoms with Gasteiger partial charge in [0.1, 0.15) is 6.04 Å². The van der Waals surface area contributed by atoms with Crippen molar-refractivity contribution < 1.29 is 9.90 Å². The summed E-state index contributed by atoms with van der Waals surface area (Å²) in [5.41, 5.74) is 2.49. The van der Waals surface area contributed by atoms with Gasteiger partial charge >= 0.3 is 5.97 Å². The first kappa shape index (κ1) is 17.3. The van der Waals surface area contributed by atoms with Crippen LogP contribution in [0.15, 0.2) is 54.6 Å². The zero-order valence-corrected chi connectivity index (χ0v) is 15.7. The van der Waals surface area contributed by atoms with Crippen LogP contribution in [0.3, 0.4) is 0 Å². The summed E-state index contributed by atoms with van der Waals surface area (Å²) in [5, 5.41) is 10.9. The summed E-state index contributed by atoms with van der Waals surface area (Å²) >= 11 is 1.78. The average Bonchev–Trinajstić information content (AvgIpc) is 3.29. The van der Waals surface area contributed by atoms with Crippen molar-refractivity contribution in [3.63, 3.8) is 0 Å². The van der Waals surface area contributed by atoms with Crippen LogP contribution in [0.4, 0.5) is 0 Å². The van der Waals surface area contributed by atoms with Gasteiger partial charge in [0.05, 0.1) is 6.04 Å². The molecule has 0 aliphatic carbocycles. The monoisotopic (exact) mass is 365 g/mol. The number of thiophene rings is 1. The van der Waals surface area contributed by atoms with Crippen molar-refractivity contribution >= 4 is 27.4 Å². The second-order valence-electron chi connectivity index (χ2n) is 6.92. The molecule has 0 spiro atoms. The first-order valence-corrected chi connectivity index (χ1v) is 10.0. The van der Waals surface area contributed by atoms with Gasteiger partial charge in [-0.15, -0.1) is 11.3 Å². The number of fused-ring (bicyclic) bond motifs is 1. The summed E-state index contributed by atoms with van der Waals surface area (Å²) in [6.07, 6.45) is 2.67. The van der Waals surface area contributed by atoms with E-state index in [4.69, 9.17) is 0 Å². The number of aryl methyl sites for hydroxylation is 1. The molecule has 1 fully saturated rings. The van der Waals surface area contributed by atoms with Crippen molar-refractivity contribution in [2.45, 2.75) is 38.3 Å². The lowest BCUT2D eigenvalue weighted by molar-refractivity contribution is -0.142. The molecule has 0 bridgehead atoms. The van der Waals surface area contributed by atoms with Gasteiger partial charge in [-0.3, -0.25) is 9.69 Å². The molecule has 0 radical (unpaired) electrons. The van der Waals surface area contributed by atoms with Gasteiger partial charge in [0.25, 0.3) is 0 Å². The van der Waals surface area contributed by atoms with Crippen LogP contribution in [-0.4, -0.2) is 28.6 Å². The molecule has 3 nitrogen and oxygen atoms in total. The van der Waals surface area contributed by atoms with E-state index in [0.717, 1.165) is 25.8 Å². The number of benzene rings is 2. The Morgan fingerprint density at radius 2 is 2.00 bits per heavy atom. The SMILES string of the molecule is CCc1ccc(C(c2cc3ccccc3s2)N2CCCC2C(=O)O)cc1. The third-order valence-corrected chi connectivity index (χ3v) is 6.50. The normalized spacial score (nSPS) is 19.0. The summed E-state index contributed by atoms with van der Waals surface area (Å²) in [5.74, 6) is -0.709. The largest absolute Gasteiger partial charge is 0.480 e. The Morgan fingerprint density at radius 3 is 2.69 bits per heavy atom. The Hall–Kier alpha value is -2.17. The Kier molecular flexibility index (Phi) is 4.79. The molecule has 2 aromatic carbocycles. The number of rotatable bonds is 5. The lowest BCUT2D eigenvalue weighted by atomic mass is 10.00. The van der Waals surface area contributed by atoms with Crippen LogP contribution < -0.4 is 0 Å². The van der Waals surface area contributed by atoms with Crippen LogP contribution in [0, 0.1) is 0 Å². The molecule has 134 valence electrons. The zero-order valence-electron chi connectivity index (χ0n) is 14.9. The molecular formula is C22H23NO2S. The van der Waals surface area contributed by atoms with Gasteiger partial charge in [-0.25, -0.2) is 0 Å². The molecule has 2 atom stereocenters. The lowest BCUT2D eigenvalue weighted by Gasteiger charge is -2.31. The summed E-state index contributed by atoms with van der Waals surface area (Å²) in [6.45, 7) is 2.98. The van der Waals surface area contributed by atoms with Crippen LogP contribution in [0.25, 0.3) is 10.1 Å². The Morgan fingerprint density at radius 1 is 1.23 bits per heavy atom. The van der Waals surface area contributed by atoms with E-state index in [1.54, 1.807) is 11.3 Å². The number of hydrogen-bond donors (Lipinski definition) is 1. The second kappa shape index (κ2) is 7.22. The quantitative estimate of drug-likeness (QED) is 0.684. The molecule has 0 saturated carbocycles. The fourth-order valence-electron chi connectivity index (χ4n) is 3.96. The number of hydrogen-bond acceptors (Lipinski definition) is 3. The molecule has 1 saturated heterocycles. The molecule has 0 amide bonds. The van der Waals surface area contributed by atoms with Crippen molar-refractivity contribution in [1.29, 1.82) is 0 Å². The first-order chi connectivity index (χ1) is 12.7. The fourth-order valence-corrected chi connectivity index (χ4v) is 5.17. The van der Waals surface area contributed by atoms with Crippen LogP contribution >= 0.6 is 11.3 Å². The van der Waals surface area contributed by atoms with Crippen molar-refractivity contribution in [3.05, 3.63) is 70.6 Å². The van der Waals surface area contributed by atoms with Crippen LogP contribution in [0.1, 0.15) is 41.8 Å². The van der Waals surface area contributed by atoms with Gasteiger partial charge in [0.15, 0.2) is 0 Å². The van der Waals surface area contributed by atoms with Crippen LogP contribution in [-0.2, 0) is 11.2 Å². The summed E-state index contributed by atoms with van der Waals surface area (Å²) in [6, 6.07) is 18.9. The van der Waals surface area contributed by atoms with Crippen molar-refractivity contribution in [3.8, 4) is 0 Å². The minimum absolute atomic E-state index is 0.00176. The van der Waals surface area contributed by atoms with E-state index in [1.165, 1.54) is 26.1 Å². The average molecular weight is 365 g/mol.